The Bertz CT molecular complexity index is 789. The fourth-order valence-electron chi connectivity index (χ4n) is 2.48. The molecule has 0 fully saturated rings. The summed E-state index contributed by atoms with van der Waals surface area (Å²) in [6, 6.07) is 14.7. The lowest BCUT2D eigenvalue weighted by atomic mass is 10.1. The van der Waals surface area contributed by atoms with Gasteiger partial charge in [0.2, 0.25) is 0 Å². The lowest BCUT2D eigenvalue weighted by Gasteiger charge is -2.10. The number of H-pyrrole nitrogens is 1. The molecule has 0 spiro atoms. The Hall–Kier alpha value is -2.62. The number of hydrogen-bond donors (Lipinski definition) is 2. The van der Waals surface area contributed by atoms with Crippen molar-refractivity contribution in [2.75, 3.05) is 5.32 Å². The number of nitrogens with one attached hydrogen (secondary N) is 2. The zero-order valence-electron chi connectivity index (χ0n) is 13.1. The fraction of sp³-hybridized carbons (Fsp3) is 0.222. The monoisotopic (exact) mass is 292 g/mol. The highest BCUT2D eigenvalue weighted by Gasteiger charge is 2.05. The molecule has 0 aliphatic heterocycles. The maximum Gasteiger partial charge on any atom is 0.181 e. The second kappa shape index (κ2) is 6.02. The van der Waals surface area contributed by atoms with Crippen LogP contribution in [0.15, 0.2) is 42.5 Å². The third kappa shape index (κ3) is 3.17. The first-order chi connectivity index (χ1) is 10.6. The summed E-state index contributed by atoms with van der Waals surface area (Å²) in [5, 5.41) is 10.6. The van der Waals surface area contributed by atoms with Crippen LogP contribution in [0.5, 0.6) is 0 Å². The van der Waals surface area contributed by atoms with Crippen LogP contribution in [0.2, 0.25) is 0 Å². The maximum absolute atomic E-state index is 4.37. The van der Waals surface area contributed by atoms with E-state index in [1.165, 1.54) is 16.7 Å². The predicted molar refractivity (Wildman–Crippen MR) is 89.8 cm³/mol. The van der Waals surface area contributed by atoms with Crippen LogP contribution in [-0.4, -0.2) is 15.2 Å². The lowest BCUT2D eigenvalue weighted by molar-refractivity contribution is 1.04. The minimum absolute atomic E-state index is 0.729. The van der Waals surface area contributed by atoms with Gasteiger partial charge in [-0.05, 0) is 44.0 Å². The first-order valence-electron chi connectivity index (χ1n) is 7.41. The van der Waals surface area contributed by atoms with Gasteiger partial charge in [-0.2, -0.15) is 5.10 Å². The van der Waals surface area contributed by atoms with Crippen LogP contribution in [0.3, 0.4) is 0 Å². The van der Waals surface area contributed by atoms with Crippen molar-refractivity contribution in [1.29, 1.82) is 0 Å². The molecule has 2 N–H and O–H groups in total. The summed E-state index contributed by atoms with van der Waals surface area (Å²) < 4.78 is 0. The number of aromatic amines is 1. The molecule has 4 heteroatoms. The number of rotatable bonds is 4. The number of benzene rings is 2. The molecular formula is C18H20N4. The number of aryl methyl sites for hydroxylation is 3. The van der Waals surface area contributed by atoms with Gasteiger partial charge >= 0.3 is 0 Å². The summed E-state index contributed by atoms with van der Waals surface area (Å²) in [5.74, 6) is 1.55. The van der Waals surface area contributed by atoms with Gasteiger partial charge in [0.15, 0.2) is 5.82 Å². The van der Waals surface area contributed by atoms with Gasteiger partial charge in [0.1, 0.15) is 5.82 Å². The van der Waals surface area contributed by atoms with E-state index in [0.717, 1.165) is 29.4 Å². The van der Waals surface area contributed by atoms with E-state index < -0.39 is 0 Å². The zero-order valence-corrected chi connectivity index (χ0v) is 13.1. The normalized spacial score (nSPS) is 10.7. The summed E-state index contributed by atoms with van der Waals surface area (Å²) >= 11 is 0. The topological polar surface area (TPSA) is 53.6 Å². The number of hydrogen-bond acceptors (Lipinski definition) is 3. The van der Waals surface area contributed by atoms with Crippen LogP contribution in [0.1, 0.15) is 22.5 Å². The zero-order chi connectivity index (χ0) is 15.5. The van der Waals surface area contributed by atoms with Crippen molar-refractivity contribution in [2.24, 2.45) is 0 Å². The van der Waals surface area contributed by atoms with Crippen molar-refractivity contribution in [3.05, 3.63) is 65.0 Å². The van der Waals surface area contributed by atoms with Crippen molar-refractivity contribution in [2.45, 2.75) is 27.3 Å². The first kappa shape index (κ1) is 14.3. The Morgan fingerprint density at radius 3 is 2.64 bits per heavy atom. The molecule has 0 aliphatic rings. The molecular weight excluding hydrogens is 272 g/mol. The van der Waals surface area contributed by atoms with Crippen LogP contribution < -0.4 is 5.32 Å². The Morgan fingerprint density at radius 1 is 1.05 bits per heavy atom. The molecule has 0 amide bonds. The van der Waals surface area contributed by atoms with Crippen molar-refractivity contribution in [3.63, 3.8) is 0 Å². The molecule has 1 aromatic heterocycles. The second-order valence-corrected chi connectivity index (χ2v) is 5.61. The van der Waals surface area contributed by atoms with Gasteiger partial charge in [0, 0.05) is 17.8 Å². The van der Waals surface area contributed by atoms with Gasteiger partial charge in [-0.25, -0.2) is 4.98 Å². The average molecular weight is 292 g/mol. The third-order valence-corrected chi connectivity index (χ3v) is 3.70. The summed E-state index contributed by atoms with van der Waals surface area (Å²) in [6.07, 6.45) is 0. The molecule has 0 aliphatic carbocycles. The van der Waals surface area contributed by atoms with E-state index in [9.17, 15) is 0 Å². The highest BCUT2D eigenvalue weighted by atomic mass is 15.2. The van der Waals surface area contributed by atoms with Gasteiger partial charge < -0.3 is 5.32 Å². The summed E-state index contributed by atoms with van der Waals surface area (Å²) in [4.78, 5) is 4.37. The number of aromatic nitrogens is 3. The van der Waals surface area contributed by atoms with E-state index in [1.54, 1.807) is 0 Å². The highest BCUT2D eigenvalue weighted by Crippen LogP contribution is 2.20. The van der Waals surface area contributed by atoms with Gasteiger partial charge in [-0.1, -0.05) is 35.9 Å². The van der Waals surface area contributed by atoms with Crippen molar-refractivity contribution < 1.29 is 0 Å². The quantitative estimate of drug-likeness (QED) is 0.764. The smallest absolute Gasteiger partial charge is 0.181 e. The second-order valence-electron chi connectivity index (χ2n) is 5.61. The molecule has 0 unspecified atom stereocenters. The average Bonchev–Trinajstić information content (AvgIpc) is 2.93. The molecule has 0 bridgehead atoms. The molecule has 0 saturated carbocycles. The maximum atomic E-state index is 4.37. The largest absolute Gasteiger partial charge is 0.381 e. The summed E-state index contributed by atoms with van der Waals surface area (Å²) in [5.41, 5.74) is 6.00. The number of nitrogens with zero attached hydrogens (tertiary/aromatic N) is 2. The molecule has 3 rings (SSSR count). The van der Waals surface area contributed by atoms with Crippen molar-refractivity contribution in [1.82, 2.24) is 15.2 Å². The van der Waals surface area contributed by atoms with E-state index in [0.29, 0.717) is 0 Å². The van der Waals surface area contributed by atoms with Gasteiger partial charge in [0.05, 0.1) is 0 Å². The lowest BCUT2D eigenvalue weighted by Crippen LogP contribution is -2.01. The molecule has 1 heterocycles. The Labute approximate surface area is 130 Å². The van der Waals surface area contributed by atoms with Crippen molar-refractivity contribution >= 4 is 5.69 Å². The minimum atomic E-state index is 0.729. The van der Waals surface area contributed by atoms with Crippen LogP contribution >= 0.6 is 0 Å². The fourth-order valence-corrected chi connectivity index (χ4v) is 2.48. The van der Waals surface area contributed by atoms with Crippen LogP contribution in [-0.2, 0) is 6.54 Å². The Balaban J connectivity index is 1.75. The van der Waals surface area contributed by atoms with Crippen molar-refractivity contribution in [3.8, 4) is 11.4 Å². The Kier molecular flexibility index (Phi) is 3.92. The molecule has 4 nitrogen and oxygen atoms in total. The molecule has 3 aromatic rings. The number of anilines is 1. The summed E-state index contributed by atoms with van der Waals surface area (Å²) in [7, 11) is 0. The van der Waals surface area contributed by atoms with E-state index in [4.69, 9.17) is 0 Å². The SMILES string of the molecule is Cc1ccc(CNc2cccc(-c3n[nH]c(C)n3)c2)c(C)c1. The molecule has 0 radical (unpaired) electrons. The molecule has 0 saturated heterocycles. The van der Waals surface area contributed by atoms with Crippen LogP contribution in [0, 0.1) is 20.8 Å². The van der Waals surface area contributed by atoms with Gasteiger partial charge in [0.25, 0.3) is 0 Å². The first-order valence-corrected chi connectivity index (χ1v) is 7.41. The van der Waals surface area contributed by atoms with Gasteiger partial charge in [-0.3, -0.25) is 5.10 Å². The van der Waals surface area contributed by atoms with E-state index >= 15 is 0 Å². The third-order valence-electron chi connectivity index (χ3n) is 3.70. The Morgan fingerprint density at radius 2 is 1.91 bits per heavy atom. The highest BCUT2D eigenvalue weighted by molar-refractivity contribution is 5.62. The molecule has 22 heavy (non-hydrogen) atoms. The van der Waals surface area contributed by atoms with E-state index in [1.807, 2.05) is 19.1 Å². The van der Waals surface area contributed by atoms with Crippen LogP contribution in [0.4, 0.5) is 5.69 Å². The standard InChI is InChI=1S/C18H20N4/c1-12-7-8-16(13(2)9-12)11-19-17-6-4-5-15(10-17)18-20-14(3)21-22-18/h4-10,19H,11H2,1-3H3,(H,20,21,22). The van der Waals surface area contributed by atoms with Gasteiger partial charge in [-0.15, -0.1) is 0 Å². The molecule has 2 aromatic carbocycles. The molecule has 112 valence electrons. The van der Waals surface area contributed by atoms with Crippen LogP contribution in [0.25, 0.3) is 11.4 Å². The van der Waals surface area contributed by atoms with E-state index in [-0.39, 0.29) is 0 Å². The molecule has 0 atom stereocenters. The predicted octanol–water partition coefficient (Wildman–Crippen LogP) is 4.01. The summed E-state index contributed by atoms with van der Waals surface area (Å²) in [6.45, 7) is 6.98. The van der Waals surface area contributed by atoms with E-state index in [2.05, 4.69) is 64.7 Å². The minimum Gasteiger partial charge on any atom is -0.381 e.